The summed E-state index contributed by atoms with van der Waals surface area (Å²) in [7, 11) is 0. The average Bonchev–Trinajstić information content (AvgIpc) is 3.27. The largest absolute Gasteiger partial charge is 0.357 e. The fourth-order valence-electron chi connectivity index (χ4n) is 3.21. The van der Waals surface area contributed by atoms with E-state index in [1.165, 1.54) is 19.3 Å². The van der Waals surface area contributed by atoms with Crippen LogP contribution >= 0.6 is 12.4 Å². The Morgan fingerprint density at radius 2 is 2.04 bits per heavy atom. The van der Waals surface area contributed by atoms with Gasteiger partial charge < -0.3 is 14.7 Å². The van der Waals surface area contributed by atoms with E-state index in [-0.39, 0.29) is 12.4 Å². The van der Waals surface area contributed by atoms with Crippen LogP contribution < -0.4 is 10.2 Å². The number of aromatic nitrogens is 3. The third-order valence-corrected chi connectivity index (χ3v) is 4.54. The first kappa shape index (κ1) is 16.2. The van der Waals surface area contributed by atoms with E-state index < -0.39 is 0 Å². The van der Waals surface area contributed by atoms with Gasteiger partial charge in [-0.25, -0.2) is 4.98 Å². The molecule has 0 amide bonds. The van der Waals surface area contributed by atoms with Crippen molar-refractivity contribution in [2.45, 2.75) is 31.6 Å². The predicted octanol–water partition coefficient (Wildman–Crippen LogP) is 2.62. The topological polar surface area (TPSA) is 67.1 Å². The third-order valence-electron chi connectivity index (χ3n) is 4.54. The minimum atomic E-state index is 0. The summed E-state index contributed by atoms with van der Waals surface area (Å²) in [5.74, 6) is 2.77. The van der Waals surface area contributed by atoms with E-state index in [1.807, 2.05) is 12.3 Å². The second kappa shape index (κ2) is 7.27. The summed E-state index contributed by atoms with van der Waals surface area (Å²) in [6.07, 6.45) is 6.76. The second-order valence-electron chi connectivity index (χ2n) is 6.10. The highest BCUT2D eigenvalue weighted by Crippen LogP contribution is 2.25. The maximum Gasteiger partial charge on any atom is 0.231 e. The SMILES string of the molecule is Cl.c1cc(N2CCCCC2)ncc1-c1noc(C2CCNC2)n1. The van der Waals surface area contributed by atoms with Gasteiger partial charge in [-0.1, -0.05) is 5.16 Å². The van der Waals surface area contributed by atoms with Crippen LogP contribution in [-0.4, -0.2) is 41.3 Å². The Bertz CT molecular complexity index is 618. The second-order valence-corrected chi connectivity index (χ2v) is 6.10. The number of hydrogen-bond donors (Lipinski definition) is 1. The van der Waals surface area contributed by atoms with Crippen LogP contribution in [0.3, 0.4) is 0 Å². The van der Waals surface area contributed by atoms with Crippen LogP contribution in [-0.2, 0) is 0 Å². The van der Waals surface area contributed by atoms with E-state index >= 15 is 0 Å². The molecule has 4 heterocycles. The molecule has 23 heavy (non-hydrogen) atoms. The van der Waals surface area contributed by atoms with Gasteiger partial charge in [0.15, 0.2) is 0 Å². The minimum absolute atomic E-state index is 0. The molecular weight excluding hydrogens is 314 g/mol. The monoisotopic (exact) mass is 335 g/mol. The van der Waals surface area contributed by atoms with Crippen molar-refractivity contribution in [1.82, 2.24) is 20.4 Å². The molecule has 2 aliphatic heterocycles. The maximum absolute atomic E-state index is 5.41. The van der Waals surface area contributed by atoms with Crippen LogP contribution in [0.15, 0.2) is 22.9 Å². The van der Waals surface area contributed by atoms with Crippen LogP contribution in [0.5, 0.6) is 0 Å². The van der Waals surface area contributed by atoms with Gasteiger partial charge in [-0.15, -0.1) is 12.4 Å². The average molecular weight is 336 g/mol. The molecule has 4 rings (SSSR count). The standard InChI is InChI=1S/C16H21N5O.ClH/c1-2-8-21(9-3-1)14-5-4-12(11-18-14)15-19-16(22-20-15)13-6-7-17-10-13;/h4-5,11,13,17H,1-3,6-10H2;1H. The van der Waals surface area contributed by atoms with Crippen molar-refractivity contribution >= 4 is 18.2 Å². The number of piperidine rings is 1. The Morgan fingerprint density at radius 1 is 1.17 bits per heavy atom. The van der Waals surface area contributed by atoms with Gasteiger partial charge in [-0.05, 0) is 44.4 Å². The molecule has 2 saturated heterocycles. The van der Waals surface area contributed by atoms with Crippen LogP contribution in [0.1, 0.15) is 37.5 Å². The van der Waals surface area contributed by atoms with Crippen LogP contribution in [0.2, 0.25) is 0 Å². The Hall–Kier alpha value is -1.66. The molecule has 2 aromatic rings. The smallest absolute Gasteiger partial charge is 0.231 e. The molecule has 1 atom stereocenters. The van der Waals surface area contributed by atoms with Crippen molar-refractivity contribution in [3.05, 3.63) is 24.2 Å². The quantitative estimate of drug-likeness (QED) is 0.930. The predicted molar refractivity (Wildman–Crippen MR) is 91.1 cm³/mol. The zero-order chi connectivity index (χ0) is 14.8. The Balaban J connectivity index is 0.00000156. The van der Waals surface area contributed by atoms with E-state index in [2.05, 4.69) is 31.4 Å². The maximum atomic E-state index is 5.41. The van der Waals surface area contributed by atoms with Gasteiger partial charge in [-0.3, -0.25) is 0 Å². The molecule has 7 heteroatoms. The number of pyridine rings is 1. The molecule has 2 aromatic heterocycles. The lowest BCUT2D eigenvalue weighted by molar-refractivity contribution is 0.359. The summed E-state index contributed by atoms with van der Waals surface area (Å²) >= 11 is 0. The van der Waals surface area contributed by atoms with E-state index in [1.54, 1.807) is 0 Å². The third kappa shape index (κ3) is 3.48. The fourth-order valence-corrected chi connectivity index (χ4v) is 3.21. The Morgan fingerprint density at radius 3 is 2.74 bits per heavy atom. The molecule has 0 aliphatic carbocycles. The Labute approximate surface area is 142 Å². The molecule has 0 saturated carbocycles. The Kier molecular flexibility index (Phi) is 5.13. The van der Waals surface area contributed by atoms with E-state index in [0.29, 0.717) is 11.7 Å². The lowest BCUT2D eigenvalue weighted by Crippen LogP contribution is -2.29. The molecule has 2 fully saturated rings. The first-order valence-electron chi connectivity index (χ1n) is 8.16. The molecule has 2 aliphatic rings. The number of anilines is 1. The van der Waals surface area contributed by atoms with Crippen molar-refractivity contribution in [2.75, 3.05) is 31.1 Å². The highest BCUT2D eigenvalue weighted by molar-refractivity contribution is 5.85. The number of nitrogens with zero attached hydrogens (tertiary/aromatic N) is 4. The van der Waals surface area contributed by atoms with Crippen LogP contribution in [0, 0.1) is 0 Å². The number of hydrogen-bond acceptors (Lipinski definition) is 6. The van der Waals surface area contributed by atoms with Gasteiger partial charge in [0.2, 0.25) is 11.7 Å². The lowest BCUT2D eigenvalue weighted by Gasteiger charge is -2.27. The van der Waals surface area contributed by atoms with Gasteiger partial charge in [0.05, 0.1) is 5.92 Å². The summed E-state index contributed by atoms with van der Waals surface area (Å²) in [5, 5.41) is 7.42. The highest BCUT2D eigenvalue weighted by atomic mass is 35.5. The van der Waals surface area contributed by atoms with Gasteiger partial charge in [-0.2, -0.15) is 4.98 Å². The molecule has 0 bridgehead atoms. The number of rotatable bonds is 3. The normalized spacial score (nSPS) is 21.2. The van der Waals surface area contributed by atoms with Crippen molar-refractivity contribution in [3.63, 3.8) is 0 Å². The van der Waals surface area contributed by atoms with Crippen LogP contribution in [0.4, 0.5) is 5.82 Å². The zero-order valence-electron chi connectivity index (χ0n) is 13.1. The van der Waals surface area contributed by atoms with Crippen molar-refractivity contribution in [2.24, 2.45) is 0 Å². The van der Waals surface area contributed by atoms with Gasteiger partial charge >= 0.3 is 0 Å². The first-order valence-corrected chi connectivity index (χ1v) is 8.16. The van der Waals surface area contributed by atoms with Crippen molar-refractivity contribution in [3.8, 4) is 11.4 Å². The summed E-state index contributed by atoms with van der Waals surface area (Å²) in [6, 6.07) is 4.10. The summed E-state index contributed by atoms with van der Waals surface area (Å²) in [5.41, 5.74) is 0.918. The van der Waals surface area contributed by atoms with Gasteiger partial charge in [0, 0.05) is 31.4 Å². The van der Waals surface area contributed by atoms with Crippen molar-refractivity contribution in [1.29, 1.82) is 0 Å². The minimum Gasteiger partial charge on any atom is -0.357 e. The van der Waals surface area contributed by atoms with Crippen LogP contribution in [0.25, 0.3) is 11.4 Å². The van der Waals surface area contributed by atoms with E-state index in [9.17, 15) is 0 Å². The van der Waals surface area contributed by atoms with Gasteiger partial charge in [0.1, 0.15) is 5.82 Å². The summed E-state index contributed by atoms with van der Waals surface area (Å²) in [6.45, 7) is 4.16. The summed E-state index contributed by atoms with van der Waals surface area (Å²) in [4.78, 5) is 11.5. The molecular formula is C16H22ClN5O. The van der Waals surface area contributed by atoms with E-state index in [4.69, 9.17) is 4.52 Å². The van der Waals surface area contributed by atoms with Crippen molar-refractivity contribution < 1.29 is 4.52 Å². The molecule has 0 radical (unpaired) electrons. The molecule has 6 nitrogen and oxygen atoms in total. The number of nitrogens with one attached hydrogen (secondary N) is 1. The zero-order valence-corrected chi connectivity index (χ0v) is 13.9. The fraction of sp³-hybridized carbons (Fsp3) is 0.562. The number of halogens is 1. The summed E-state index contributed by atoms with van der Waals surface area (Å²) < 4.78 is 5.41. The highest BCUT2D eigenvalue weighted by Gasteiger charge is 2.23. The molecule has 124 valence electrons. The van der Waals surface area contributed by atoms with E-state index in [0.717, 1.165) is 49.9 Å². The first-order chi connectivity index (χ1) is 10.9. The lowest BCUT2D eigenvalue weighted by atomic mass is 10.1. The molecule has 0 spiro atoms. The van der Waals surface area contributed by atoms with Gasteiger partial charge in [0.25, 0.3) is 0 Å². The molecule has 1 N–H and O–H groups in total. The molecule has 1 unspecified atom stereocenters. The molecule has 0 aromatic carbocycles.